The molecular weight excluding hydrogens is 358 g/mol. The van der Waals surface area contributed by atoms with E-state index in [0.717, 1.165) is 56.4 Å². The molecule has 0 aliphatic carbocycles. The van der Waals surface area contributed by atoms with Gasteiger partial charge in [0.15, 0.2) is 11.6 Å². The molecule has 0 fully saturated rings. The molecule has 0 N–H and O–H groups in total. The van der Waals surface area contributed by atoms with Crippen molar-refractivity contribution >= 4 is 0 Å². The Bertz CT molecular complexity index is 973. The molecule has 1 aromatic carbocycles. The number of hydrogen-bond donors (Lipinski definition) is 0. The monoisotopic (exact) mass is 380 g/mol. The predicted octanol–water partition coefficient (Wildman–Crippen LogP) is 4.33. The number of nitrogens with zero attached hydrogens (tertiary/aromatic N) is 4. The maximum Gasteiger partial charge on any atom is 0.159 e. The fourth-order valence-electron chi connectivity index (χ4n) is 3.50. The lowest BCUT2D eigenvalue weighted by molar-refractivity contribution is 0.242. The van der Waals surface area contributed by atoms with E-state index in [1.165, 1.54) is 23.4 Å². The Hall–Kier alpha value is -2.73. The van der Waals surface area contributed by atoms with E-state index < -0.39 is 11.6 Å². The Morgan fingerprint density at radius 1 is 1.04 bits per heavy atom. The molecule has 144 valence electrons. The van der Waals surface area contributed by atoms with Crippen LogP contribution in [0.5, 0.6) is 0 Å². The zero-order valence-electron chi connectivity index (χ0n) is 15.8. The highest BCUT2D eigenvalue weighted by Crippen LogP contribution is 2.22. The standard InChI is InChI=1S/C22H22F2N4/c1-2-3-22-26-12-17-14-28(9-8-21(17)27-22)13-15-4-7-20(25-11-15)16-5-6-18(23)19(24)10-16/h4-7,10-12H,2-3,8-9,13-14H2,1H3. The van der Waals surface area contributed by atoms with E-state index >= 15 is 0 Å². The number of hydrogen-bond acceptors (Lipinski definition) is 4. The van der Waals surface area contributed by atoms with Crippen molar-refractivity contribution in [1.82, 2.24) is 19.9 Å². The van der Waals surface area contributed by atoms with Crippen LogP contribution in [-0.2, 0) is 25.9 Å². The molecule has 1 aliphatic heterocycles. The SMILES string of the molecule is CCCc1ncc2c(n1)CCN(Cc1ccc(-c3ccc(F)c(F)c3)nc1)C2. The van der Waals surface area contributed by atoms with Gasteiger partial charge in [0.1, 0.15) is 5.82 Å². The third kappa shape index (κ3) is 4.07. The molecule has 28 heavy (non-hydrogen) atoms. The molecule has 0 spiro atoms. The van der Waals surface area contributed by atoms with Crippen LogP contribution < -0.4 is 0 Å². The minimum atomic E-state index is -0.861. The molecule has 1 aliphatic rings. The lowest BCUT2D eigenvalue weighted by Crippen LogP contribution is -2.31. The van der Waals surface area contributed by atoms with Crippen LogP contribution >= 0.6 is 0 Å². The third-order valence-electron chi connectivity index (χ3n) is 4.98. The van der Waals surface area contributed by atoms with Gasteiger partial charge in [-0.05, 0) is 36.2 Å². The zero-order valence-corrected chi connectivity index (χ0v) is 15.8. The second-order valence-electron chi connectivity index (χ2n) is 7.15. The number of pyridine rings is 1. The summed E-state index contributed by atoms with van der Waals surface area (Å²) in [7, 11) is 0. The van der Waals surface area contributed by atoms with Gasteiger partial charge in [-0.25, -0.2) is 18.7 Å². The van der Waals surface area contributed by atoms with Crippen LogP contribution in [0, 0.1) is 11.6 Å². The molecule has 0 amide bonds. The highest BCUT2D eigenvalue weighted by atomic mass is 19.2. The van der Waals surface area contributed by atoms with E-state index in [1.54, 1.807) is 6.20 Å². The summed E-state index contributed by atoms with van der Waals surface area (Å²) in [5.41, 5.74) is 4.64. The maximum atomic E-state index is 13.4. The molecule has 0 unspecified atom stereocenters. The number of halogens is 2. The minimum Gasteiger partial charge on any atom is -0.294 e. The Labute approximate surface area is 163 Å². The first-order valence-corrected chi connectivity index (χ1v) is 9.58. The van der Waals surface area contributed by atoms with Gasteiger partial charge in [-0.2, -0.15) is 0 Å². The van der Waals surface area contributed by atoms with Gasteiger partial charge < -0.3 is 0 Å². The number of fused-ring (bicyclic) bond motifs is 1. The highest BCUT2D eigenvalue weighted by Gasteiger charge is 2.18. The number of benzene rings is 1. The van der Waals surface area contributed by atoms with E-state index in [9.17, 15) is 8.78 Å². The summed E-state index contributed by atoms with van der Waals surface area (Å²) in [6, 6.07) is 7.67. The van der Waals surface area contributed by atoms with Gasteiger partial charge in [-0.15, -0.1) is 0 Å². The first-order chi connectivity index (χ1) is 13.6. The molecular formula is C22H22F2N4. The predicted molar refractivity (Wildman–Crippen MR) is 103 cm³/mol. The van der Waals surface area contributed by atoms with E-state index in [-0.39, 0.29) is 0 Å². The first-order valence-electron chi connectivity index (χ1n) is 9.58. The number of rotatable bonds is 5. The van der Waals surface area contributed by atoms with Crippen molar-refractivity contribution in [3.63, 3.8) is 0 Å². The van der Waals surface area contributed by atoms with Crippen molar-refractivity contribution < 1.29 is 8.78 Å². The molecule has 0 saturated carbocycles. The fourth-order valence-corrected chi connectivity index (χ4v) is 3.50. The van der Waals surface area contributed by atoms with Gasteiger partial charge in [0, 0.05) is 61.7 Å². The molecule has 3 aromatic rings. The molecule has 4 rings (SSSR count). The van der Waals surface area contributed by atoms with Crippen molar-refractivity contribution in [2.24, 2.45) is 0 Å². The second kappa shape index (κ2) is 8.10. The summed E-state index contributed by atoms with van der Waals surface area (Å²) >= 11 is 0. The molecule has 6 heteroatoms. The van der Waals surface area contributed by atoms with E-state index in [2.05, 4.69) is 21.8 Å². The summed E-state index contributed by atoms with van der Waals surface area (Å²) < 4.78 is 26.5. The molecule has 0 saturated heterocycles. The van der Waals surface area contributed by atoms with Crippen LogP contribution in [-0.4, -0.2) is 26.4 Å². The average molecular weight is 380 g/mol. The smallest absolute Gasteiger partial charge is 0.159 e. The van der Waals surface area contributed by atoms with Crippen LogP contribution in [0.4, 0.5) is 8.78 Å². The van der Waals surface area contributed by atoms with Crippen molar-refractivity contribution in [3.05, 3.63) is 77.0 Å². The first kappa shape index (κ1) is 18.6. The lowest BCUT2D eigenvalue weighted by Gasteiger charge is -2.28. The molecule has 3 heterocycles. The normalized spacial score (nSPS) is 14.1. The Morgan fingerprint density at radius 3 is 2.68 bits per heavy atom. The molecule has 0 bridgehead atoms. The van der Waals surface area contributed by atoms with Gasteiger partial charge in [-0.3, -0.25) is 9.88 Å². The van der Waals surface area contributed by atoms with Crippen LogP contribution in [0.1, 0.15) is 36.0 Å². The Morgan fingerprint density at radius 2 is 1.93 bits per heavy atom. The van der Waals surface area contributed by atoms with Crippen LogP contribution in [0.15, 0.2) is 42.7 Å². The van der Waals surface area contributed by atoms with Crippen LogP contribution in [0.25, 0.3) is 11.3 Å². The quantitative estimate of drug-likeness (QED) is 0.661. The van der Waals surface area contributed by atoms with Crippen molar-refractivity contribution in [2.75, 3.05) is 6.54 Å². The van der Waals surface area contributed by atoms with E-state index in [0.29, 0.717) is 11.3 Å². The number of aryl methyl sites for hydroxylation is 1. The summed E-state index contributed by atoms with van der Waals surface area (Å²) in [5.74, 6) is -0.775. The van der Waals surface area contributed by atoms with Gasteiger partial charge in [0.2, 0.25) is 0 Å². The van der Waals surface area contributed by atoms with E-state index in [1.807, 2.05) is 18.3 Å². The summed E-state index contributed by atoms with van der Waals surface area (Å²) in [5, 5.41) is 0. The summed E-state index contributed by atoms with van der Waals surface area (Å²) in [6.07, 6.45) is 6.66. The second-order valence-corrected chi connectivity index (χ2v) is 7.15. The summed E-state index contributed by atoms with van der Waals surface area (Å²) in [6.45, 7) is 4.69. The fraction of sp³-hybridized carbons (Fsp3) is 0.318. The zero-order chi connectivity index (χ0) is 19.5. The Balaban J connectivity index is 1.43. The molecule has 0 radical (unpaired) electrons. The average Bonchev–Trinajstić information content (AvgIpc) is 2.71. The lowest BCUT2D eigenvalue weighted by atomic mass is 10.1. The topological polar surface area (TPSA) is 41.9 Å². The maximum absolute atomic E-state index is 13.4. The van der Waals surface area contributed by atoms with E-state index in [4.69, 9.17) is 4.98 Å². The van der Waals surface area contributed by atoms with Crippen LogP contribution in [0.2, 0.25) is 0 Å². The largest absolute Gasteiger partial charge is 0.294 e. The minimum absolute atomic E-state index is 0.567. The van der Waals surface area contributed by atoms with Crippen molar-refractivity contribution in [3.8, 4) is 11.3 Å². The third-order valence-corrected chi connectivity index (χ3v) is 4.98. The van der Waals surface area contributed by atoms with Gasteiger partial charge in [0.05, 0.1) is 5.69 Å². The van der Waals surface area contributed by atoms with Crippen LogP contribution in [0.3, 0.4) is 0 Å². The molecule has 2 aromatic heterocycles. The Kier molecular flexibility index (Phi) is 5.39. The van der Waals surface area contributed by atoms with Gasteiger partial charge in [-0.1, -0.05) is 13.0 Å². The van der Waals surface area contributed by atoms with Gasteiger partial charge in [0.25, 0.3) is 0 Å². The number of aromatic nitrogens is 3. The van der Waals surface area contributed by atoms with Crippen molar-refractivity contribution in [1.29, 1.82) is 0 Å². The van der Waals surface area contributed by atoms with Crippen molar-refractivity contribution in [2.45, 2.75) is 39.3 Å². The highest BCUT2D eigenvalue weighted by molar-refractivity contribution is 5.59. The van der Waals surface area contributed by atoms with Gasteiger partial charge >= 0.3 is 0 Å². The molecule has 0 atom stereocenters. The molecule has 4 nitrogen and oxygen atoms in total. The summed E-state index contributed by atoms with van der Waals surface area (Å²) in [4.78, 5) is 15.9.